The quantitative estimate of drug-likeness (QED) is 0.920. The van der Waals surface area contributed by atoms with E-state index in [4.69, 9.17) is 5.26 Å². The van der Waals surface area contributed by atoms with Crippen LogP contribution in [0, 0.1) is 17.2 Å². The molecular formula is C18H18N4O. The molecule has 1 aromatic heterocycles. The van der Waals surface area contributed by atoms with Crippen molar-refractivity contribution in [2.45, 2.75) is 18.9 Å². The maximum Gasteiger partial charge on any atom is 0.270 e. The Balaban J connectivity index is 1.53. The van der Waals surface area contributed by atoms with Crippen molar-refractivity contribution in [3.8, 4) is 6.07 Å². The molecule has 3 atom stereocenters. The van der Waals surface area contributed by atoms with Crippen LogP contribution in [0.15, 0.2) is 30.5 Å². The number of nitrogens with one attached hydrogen (secondary N) is 1. The van der Waals surface area contributed by atoms with E-state index in [9.17, 15) is 4.79 Å². The SMILES string of the molecule is N#Cc1ccc2cnc(C(=O)N[C@@H]3C[C@H]4CCN(C4)C3)cc2c1. The Bertz CT molecular complexity index is 798. The highest BCUT2D eigenvalue weighted by atomic mass is 16.1. The second kappa shape index (κ2) is 5.64. The van der Waals surface area contributed by atoms with Gasteiger partial charge in [-0.15, -0.1) is 0 Å². The van der Waals surface area contributed by atoms with Gasteiger partial charge in [-0.2, -0.15) is 5.26 Å². The number of benzene rings is 1. The predicted molar refractivity (Wildman–Crippen MR) is 86.9 cm³/mol. The zero-order valence-electron chi connectivity index (χ0n) is 12.8. The van der Waals surface area contributed by atoms with Gasteiger partial charge in [0.1, 0.15) is 5.69 Å². The fourth-order valence-corrected chi connectivity index (χ4v) is 3.76. The molecule has 1 N–H and O–H groups in total. The smallest absolute Gasteiger partial charge is 0.270 e. The number of piperidine rings is 1. The lowest BCUT2D eigenvalue weighted by Crippen LogP contribution is -2.47. The lowest BCUT2D eigenvalue weighted by Gasteiger charge is -2.30. The van der Waals surface area contributed by atoms with Gasteiger partial charge in [0, 0.05) is 30.7 Å². The summed E-state index contributed by atoms with van der Waals surface area (Å²) in [6.07, 6.45) is 4.01. The van der Waals surface area contributed by atoms with Crippen molar-refractivity contribution >= 4 is 16.7 Å². The van der Waals surface area contributed by atoms with Crippen molar-refractivity contribution in [2.24, 2.45) is 5.92 Å². The number of amides is 1. The highest BCUT2D eigenvalue weighted by Crippen LogP contribution is 2.26. The van der Waals surface area contributed by atoms with E-state index in [-0.39, 0.29) is 11.9 Å². The minimum atomic E-state index is -0.123. The van der Waals surface area contributed by atoms with E-state index in [1.165, 1.54) is 13.0 Å². The van der Waals surface area contributed by atoms with Crippen molar-refractivity contribution in [3.05, 3.63) is 41.7 Å². The average Bonchev–Trinajstić information content (AvgIpc) is 2.92. The molecule has 5 heteroatoms. The first kappa shape index (κ1) is 14.2. The molecule has 0 spiro atoms. The number of nitriles is 1. The Morgan fingerprint density at radius 1 is 1.30 bits per heavy atom. The summed E-state index contributed by atoms with van der Waals surface area (Å²) in [5, 5.41) is 13.9. The number of carbonyl (C=O) groups excluding carboxylic acids is 1. The number of hydrogen-bond donors (Lipinski definition) is 1. The second-order valence-corrected chi connectivity index (χ2v) is 6.56. The fraction of sp³-hybridized carbons (Fsp3) is 0.389. The first-order chi connectivity index (χ1) is 11.2. The molecule has 1 amide bonds. The van der Waals surface area contributed by atoms with Crippen LogP contribution in [0.1, 0.15) is 28.9 Å². The molecule has 2 aromatic rings. The summed E-state index contributed by atoms with van der Waals surface area (Å²) in [6, 6.07) is 9.51. The van der Waals surface area contributed by atoms with Gasteiger partial charge < -0.3 is 10.2 Å². The third kappa shape index (κ3) is 2.78. The zero-order valence-corrected chi connectivity index (χ0v) is 12.8. The summed E-state index contributed by atoms with van der Waals surface area (Å²) in [7, 11) is 0. The van der Waals surface area contributed by atoms with Crippen LogP contribution in [0.2, 0.25) is 0 Å². The van der Waals surface area contributed by atoms with Crippen LogP contribution in [-0.4, -0.2) is 41.5 Å². The first-order valence-electron chi connectivity index (χ1n) is 8.04. The number of pyridine rings is 1. The Hall–Kier alpha value is -2.45. The Morgan fingerprint density at radius 2 is 2.22 bits per heavy atom. The Morgan fingerprint density at radius 3 is 3.04 bits per heavy atom. The lowest BCUT2D eigenvalue weighted by atomic mass is 9.97. The summed E-state index contributed by atoms with van der Waals surface area (Å²) in [5.74, 6) is 0.596. The largest absolute Gasteiger partial charge is 0.347 e. The predicted octanol–water partition coefficient (Wildman–Crippen LogP) is 1.93. The van der Waals surface area contributed by atoms with Gasteiger partial charge in [0.05, 0.1) is 11.6 Å². The topological polar surface area (TPSA) is 69.0 Å². The number of carbonyl (C=O) groups is 1. The highest BCUT2D eigenvalue weighted by molar-refractivity contribution is 5.96. The van der Waals surface area contributed by atoms with Gasteiger partial charge in [-0.3, -0.25) is 9.78 Å². The van der Waals surface area contributed by atoms with Gasteiger partial charge in [0.15, 0.2) is 0 Å². The molecule has 4 rings (SSSR count). The summed E-state index contributed by atoms with van der Waals surface area (Å²) >= 11 is 0. The normalized spacial score (nSPS) is 26.0. The monoisotopic (exact) mass is 306 g/mol. The molecule has 0 aliphatic carbocycles. The Labute approximate surface area is 134 Å². The molecule has 2 bridgehead atoms. The summed E-state index contributed by atoms with van der Waals surface area (Å²) < 4.78 is 0. The molecule has 2 aliphatic rings. The first-order valence-corrected chi connectivity index (χ1v) is 8.04. The molecule has 0 saturated carbocycles. The minimum absolute atomic E-state index is 0.123. The van der Waals surface area contributed by atoms with Crippen LogP contribution in [0.5, 0.6) is 0 Å². The van der Waals surface area contributed by atoms with Gasteiger partial charge in [0.2, 0.25) is 0 Å². The van der Waals surface area contributed by atoms with Gasteiger partial charge in [-0.1, -0.05) is 6.07 Å². The fourth-order valence-electron chi connectivity index (χ4n) is 3.76. The van der Waals surface area contributed by atoms with Crippen LogP contribution in [-0.2, 0) is 0 Å². The molecule has 116 valence electrons. The van der Waals surface area contributed by atoms with E-state index >= 15 is 0 Å². The third-order valence-electron chi connectivity index (χ3n) is 4.89. The van der Waals surface area contributed by atoms with E-state index in [1.807, 2.05) is 6.07 Å². The summed E-state index contributed by atoms with van der Waals surface area (Å²) in [5.41, 5.74) is 1.01. The standard InChI is InChI=1S/C18H18N4O/c19-8-12-1-2-14-9-20-17(7-15(14)5-12)18(23)21-16-6-13-3-4-22(10-13)11-16/h1-2,5,7,9,13,16H,3-4,6,10-11H2,(H,21,23)/t13-,16-/m1/s1. The number of fused-ring (bicyclic) bond motifs is 3. The van der Waals surface area contributed by atoms with E-state index < -0.39 is 0 Å². The Kier molecular flexibility index (Phi) is 3.47. The maximum atomic E-state index is 12.5. The van der Waals surface area contributed by atoms with Crippen molar-refractivity contribution in [3.63, 3.8) is 0 Å². The average molecular weight is 306 g/mol. The molecular weight excluding hydrogens is 288 g/mol. The summed E-state index contributed by atoms with van der Waals surface area (Å²) in [6.45, 7) is 3.27. The van der Waals surface area contributed by atoms with Crippen LogP contribution in [0.25, 0.3) is 10.8 Å². The van der Waals surface area contributed by atoms with E-state index in [0.717, 1.165) is 36.2 Å². The van der Waals surface area contributed by atoms with Crippen LogP contribution < -0.4 is 5.32 Å². The lowest BCUT2D eigenvalue weighted by molar-refractivity contribution is 0.0904. The molecule has 2 saturated heterocycles. The molecule has 2 aliphatic heterocycles. The number of aromatic nitrogens is 1. The third-order valence-corrected chi connectivity index (χ3v) is 4.89. The van der Waals surface area contributed by atoms with Crippen LogP contribution >= 0.6 is 0 Å². The van der Waals surface area contributed by atoms with Gasteiger partial charge in [-0.25, -0.2) is 0 Å². The van der Waals surface area contributed by atoms with Gasteiger partial charge >= 0.3 is 0 Å². The molecule has 3 heterocycles. The van der Waals surface area contributed by atoms with Crippen molar-refractivity contribution < 1.29 is 4.79 Å². The van der Waals surface area contributed by atoms with E-state index in [0.29, 0.717) is 11.3 Å². The van der Waals surface area contributed by atoms with Crippen LogP contribution in [0.3, 0.4) is 0 Å². The summed E-state index contributed by atoms with van der Waals surface area (Å²) in [4.78, 5) is 19.2. The molecule has 1 unspecified atom stereocenters. The number of hydrogen-bond acceptors (Lipinski definition) is 4. The van der Waals surface area contributed by atoms with Crippen molar-refractivity contribution in [1.82, 2.24) is 15.2 Å². The van der Waals surface area contributed by atoms with Crippen LogP contribution in [0.4, 0.5) is 0 Å². The van der Waals surface area contributed by atoms with Gasteiger partial charge in [0.25, 0.3) is 5.91 Å². The van der Waals surface area contributed by atoms with Crippen molar-refractivity contribution in [2.75, 3.05) is 19.6 Å². The molecule has 0 radical (unpaired) electrons. The molecule has 23 heavy (non-hydrogen) atoms. The number of rotatable bonds is 2. The van der Waals surface area contributed by atoms with Crippen molar-refractivity contribution in [1.29, 1.82) is 5.26 Å². The van der Waals surface area contributed by atoms with E-state index in [2.05, 4.69) is 21.3 Å². The number of nitrogens with zero attached hydrogens (tertiary/aromatic N) is 3. The molecule has 1 aromatic carbocycles. The second-order valence-electron chi connectivity index (χ2n) is 6.56. The maximum absolute atomic E-state index is 12.5. The van der Waals surface area contributed by atoms with Gasteiger partial charge in [-0.05, 0) is 48.9 Å². The zero-order chi connectivity index (χ0) is 15.8. The molecule has 5 nitrogen and oxygen atoms in total. The van der Waals surface area contributed by atoms with E-state index in [1.54, 1.807) is 24.4 Å². The minimum Gasteiger partial charge on any atom is -0.347 e. The highest BCUT2D eigenvalue weighted by Gasteiger charge is 2.33. The molecule has 2 fully saturated rings.